The van der Waals surface area contributed by atoms with Crippen LogP contribution in [0.3, 0.4) is 0 Å². The van der Waals surface area contributed by atoms with Crippen LogP contribution in [-0.2, 0) is 11.3 Å². The van der Waals surface area contributed by atoms with Crippen molar-refractivity contribution in [2.24, 2.45) is 0 Å². The third-order valence-electron chi connectivity index (χ3n) is 4.37. The number of amides is 1. The molecule has 0 spiro atoms. The van der Waals surface area contributed by atoms with E-state index in [0.717, 1.165) is 5.56 Å². The smallest absolute Gasteiger partial charge is 0.234 e. The SMILES string of the molecule is C=CCn1c(SCC(=O)Nc2ccccc2OC)nnc1-c1ccc2c(c1)OCO2. The number of aromatic nitrogens is 3. The quantitative estimate of drug-likeness (QED) is 0.437. The summed E-state index contributed by atoms with van der Waals surface area (Å²) in [5.74, 6) is 2.66. The standard InChI is InChI=1S/C21H20N4O4S/c1-3-10-25-20(14-8-9-17-18(11-14)29-13-28-17)23-24-21(25)30-12-19(26)22-15-6-4-5-7-16(15)27-2/h3-9,11H,1,10,12-13H2,2H3,(H,22,26). The van der Waals surface area contributed by atoms with Crippen LogP contribution < -0.4 is 19.5 Å². The molecule has 2 heterocycles. The topological polar surface area (TPSA) is 87.5 Å². The lowest BCUT2D eigenvalue weighted by molar-refractivity contribution is -0.113. The van der Waals surface area contributed by atoms with Crippen molar-refractivity contribution >= 4 is 23.4 Å². The maximum absolute atomic E-state index is 12.4. The summed E-state index contributed by atoms with van der Waals surface area (Å²) in [4.78, 5) is 12.4. The van der Waals surface area contributed by atoms with Gasteiger partial charge in [-0.15, -0.1) is 16.8 Å². The van der Waals surface area contributed by atoms with Crippen LogP contribution in [0.4, 0.5) is 5.69 Å². The zero-order chi connectivity index (χ0) is 20.9. The molecule has 0 unspecified atom stereocenters. The van der Waals surface area contributed by atoms with E-state index in [9.17, 15) is 4.79 Å². The first-order chi connectivity index (χ1) is 14.7. The van der Waals surface area contributed by atoms with Crippen LogP contribution >= 0.6 is 11.8 Å². The van der Waals surface area contributed by atoms with Gasteiger partial charge in [-0.1, -0.05) is 30.0 Å². The Hall–Kier alpha value is -3.46. The fourth-order valence-electron chi connectivity index (χ4n) is 3.00. The summed E-state index contributed by atoms with van der Waals surface area (Å²) < 4.78 is 18.0. The number of ether oxygens (including phenoxy) is 3. The largest absolute Gasteiger partial charge is 0.495 e. The number of methoxy groups -OCH3 is 1. The van der Waals surface area contributed by atoms with Crippen molar-refractivity contribution in [1.82, 2.24) is 14.8 Å². The maximum atomic E-state index is 12.4. The number of thioether (sulfide) groups is 1. The molecule has 1 N–H and O–H groups in total. The van der Waals surface area contributed by atoms with Gasteiger partial charge in [0.05, 0.1) is 18.6 Å². The summed E-state index contributed by atoms with van der Waals surface area (Å²) in [6, 6.07) is 12.9. The van der Waals surface area contributed by atoms with Crippen LogP contribution in [0.5, 0.6) is 17.2 Å². The molecule has 1 aliphatic rings. The monoisotopic (exact) mass is 424 g/mol. The van der Waals surface area contributed by atoms with Crippen molar-refractivity contribution in [3.63, 3.8) is 0 Å². The summed E-state index contributed by atoms with van der Waals surface area (Å²) in [6.45, 7) is 4.53. The van der Waals surface area contributed by atoms with Crippen LogP contribution in [-0.4, -0.2) is 40.3 Å². The highest BCUT2D eigenvalue weighted by atomic mass is 32.2. The Kier molecular flexibility index (Phi) is 5.89. The molecule has 1 amide bonds. The van der Waals surface area contributed by atoms with E-state index in [1.54, 1.807) is 25.3 Å². The molecule has 2 aromatic carbocycles. The van der Waals surface area contributed by atoms with E-state index in [2.05, 4.69) is 22.1 Å². The van der Waals surface area contributed by atoms with E-state index in [-0.39, 0.29) is 18.5 Å². The molecule has 154 valence electrons. The minimum Gasteiger partial charge on any atom is -0.495 e. The normalized spacial score (nSPS) is 11.9. The Morgan fingerprint density at radius 1 is 1.27 bits per heavy atom. The van der Waals surface area contributed by atoms with E-state index in [4.69, 9.17) is 14.2 Å². The number of carbonyl (C=O) groups is 1. The Morgan fingerprint density at radius 2 is 2.10 bits per heavy atom. The average Bonchev–Trinajstić information content (AvgIpc) is 3.39. The molecule has 0 bridgehead atoms. The molecule has 3 aromatic rings. The number of carbonyl (C=O) groups excluding carboxylic acids is 1. The van der Waals surface area contributed by atoms with Gasteiger partial charge in [-0.3, -0.25) is 9.36 Å². The van der Waals surface area contributed by atoms with Crippen molar-refractivity contribution in [3.8, 4) is 28.6 Å². The van der Waals surface area contributed by atoms with Crippen LogP contribution in [0.25, 0.3) is 11.4 Å². The first-order valence-electron chi connectivity index (χ1n) is 9.19. The molecular formula is C21H20N4O4S. The zero-order valence-electron chi connectivity index (χ0n) is 16.3. The molecule has 8 nitrogen and oxygen atoms in total. The minimum absolute atomic E-state index is 0.165. The molecule has 1 aromatic heterocycles. The fourth-order valence-corrected chi connectivity index (χ4v) is 3.75. The maximum Gasteiger partial charge on any atom is 0.234 e. The van der Waals surface area contributed by atoms with Crippen molar-refractivity contribution in [3.05, 3.63) is 55.1 Å². The van der Waals surface area contributed by atoms with E-state index < -0.39 is 0 Å². The number of rotatable bonds is 8. The van der Waals surface area contributed by atoms with Crippen molar-refractivity contribution in [2.45, 2.75) is 11.7 Å². The number of hydrogen-bond acceptors (Lipinski definition) is 7. The molecule has 0 fully saturated rings. The highest BCUT2D eigenvalue weighted by Gasteiger charge is 2.19. The van der Waals surface area contributed by atoms with Gasteiger partial charge in [0.15, 0.2) is 22.5 Å². The first-order valence-corrected chi connectivity index (χ1v) is 10.2. The fraction of sp³-hybridized carbons (Fsp3) is 0.190. The summed E-state index contributed by atoms with van der Waals surface area (Å²) >= 11 is 1.30. The molecule has 9 heteroatoms. The molecule has 0 saturated carbocycles. The summed E-state index contributed by atoms with van der Waals surface area (Å²) in [5, 5.41) is 12.1. The Bertz CT molecular complexity index is 1080. The molecule has 30 heavy (non-hydrogen) atoms. The van der Waals surface area contributed by atoms with Crippen LogP contribution in [0.15, 0.2) is 60.3 Å². The Balaban J connectivity index is 1.49. The van der Waals surface area contributed by atoms with Crippen molar-refractivity contribution in [2.75, 3.05) is 25.0 Å². The van der Waals surface area contributed by atoms with Gasteiger partial charge >= 0.3 is 0 Å². The number of fused-ring (bicyclic) bond motifs is 1. The predicted octanol–water partition coefficient (Wildman–Crippen LogP) is 3.60. The number of nitrogens with zero attached hydrogens (tertiary/aromatic N) is 3. The van der Waals surface area contributed by atoms with Crippen LogP contribution in [0, 0.1) is 0 Å². The summed E-state index contributed by atoms with van der Waals surface area (Å²) in [7, 11) is 1.56. The number of benzene rings is 2. The molecule has 1 aliphatic heterocycles. The van der Waals surface area contributed by atoms with E-state index in [0.29, 0.717) is 40.5 Å². The Morgan fingerprint density at radius 3 is 2.93 bits per heavy atom. The van der Waals surface area contributed by atoms with Crippen LogP contribution in [0.1, 0.15) is 0 Å². The number of nitrogens with one attached hydrogen (secondary N) is 1. The highest BCUT2D eigenvalue weighted by Crippen LogP contribution is 2.36. The molecule has 4 rings (SSSR count). The lowest BCUT2D eigenvalue weighted by atomic mass is 10.2. The number of para-hydroxylation sites is 2. The zero-order valence-corrected chi connectivity index (χ0v) is 17.1. The molecule has 0 radical (unpaired) electrons. The molecular weight excluding hydrogens is 404 g/mol. The average molecular weight is 424 g/mol. The van der Waals surface area contributed by atoms with Gasteiger partial charge in [-0.05, 0) is 30.3 Å². The summed E-state index contributed by atoms with van der Waals surface area (Å²) in [6.07, 6.45) is 1.76. The predicted molar refractivity (Wildman–Crippen MR) is 114 cm³/mol. The summed E-state index contributed by atoms with van der Waals surface area (Å²) in [5.41, 5.74) is 1.47. The van der Waals surface area contributed by atoms with Gasteiger partial charge in [-0.2, -0.15) is 0 Å². The number of anilines is 1. The van der Waals surface area contributed by atoms with Gasteiger partial charge in [0.25, 0.3) is 0 Å². The highest BCUT2D eigenvalue weighted by molar-refractivity contribution is 7.99. The van der Waals surface area contributed by atoms with E-state index in [1.807, 2.05) is 34.9 Å². The van der Waals surface area contributed by atoms with Gasteiger partial charge in [-0.25, -0.2) is 0 Å². The molecule has 0 aliphatic carbocycles. The lowest BCUT2D eigenvalue weighted by Gasteiger charge is -2.10. The molecule has 0 atom stereocenters. The van der Waals surface area contributed by atoms with Gasteiger partial charge < -0.3 is 19.5 Å². The second-order valence-corrected chi connectivity index (χ2v) is 7.25. The van der Waals surface area contributed by atoms with E-state index >= 15 is 0 Å². The third kappa shape index (κ3) is 4.11. The number of hydrogen-bond donors (Lipinski definition) is 1. The second-order valence-electron chi connectivity index (χ2n) is 6.31. The van der Waals surface area contributed by atoms with Crippen molar-refractivity contribution in [1.29, 1.82) is 0 Å². The van der Waals surface area contributed by atoms with Crippen LogP contribution in [0.2, 0.25) is 0 Å². The second kappa shape index (κ2) is 8.91. The van der Waals surface area contributed by atoms with Gasteiger partial charge in [0.1, 0.15) is 5.75 Å². The van der Waals surface area contributed by atoms with Gasteiger partial charge in [0.2, 0.25) is 12.7 Å². The van der Waals surface area contributed by atoms with E-state index in [1.165, 1.54) is 11.8 Å². The Labute approximate surface area is 177 Å². The van der Waals surface area contributed by atoms with Crippen molar-refractivity contribution < 1.29 is 19.0 Å². The first kappa shape index (κ1) is 19.8. The molecule has 0 saturated heterocycles. The minimum atomic E-state index is -0.165. The third-order valence-corrected chi connectivity index (χ3v) is 5.34. The van der Waals surface area contributed by atoms with Gasteiger partial charge in [0, 0.05) is 12.1 Å². The lowest BCUT2D eigenvalue weighted by Crippen LogP contribution is -2.15. The number of allylic oxidation sites excluding steroid dienone is 1.